The van der Waals surface area contributed by atoms with E-state index in [9.17, 15) is 0 Å². The predicted molar refractivity (Wildman–Crippen MR) is 169 cm³/mol. The third-order valence-electron chi connectivity index (χ3n) is 8.46. The van der Waals surface area contributed by atoms with Gasteiger partial charge in [0.25, 0.3) is 0 Å². The smallest absolute Gasteiger partial charge is 0.235 e. The van der Waals surface area contributed by atoms with Crippen LogP contribution in [0.1, 0.15) is 0 Å². The normalized spacial score (nSPS) is 13.4. The molecule has 3 nitrogen and oxygen atoms in total. The third-order valence-corrected chi connectivity index (χ3v) is 12.0. The van der Waals surface area contributed by atoms with Crippen molar-refractivity contribution in [3.63, 3.8) is 0 Å². The molecule has 0 amide bonds. The maximum absolute atomic E-state index is 5.20. The van der Waals surface area contributed by atoms with E-state index in [4.69, 9.17) is 9.97 Å². The molecule has 0 saturated carbocycles. The molecule has 40 heavy (non-hydrogen) atoms. The molecule has 0 fully saturated rings. The van der Waals surface area contributed by atoms with Gasteiger partial charge in [0.15, 0.2) is 0 Å². The van der Waals surface area contributed by atoms with Crippen molar-refractivity contribution in [3.8, 4) is 39.5 Å². The van der Waals surface area contributed by atoms with Crippen LogP contribution in [-0.2, 0) is 0 Å². The first-order chi connectivity index (χ1) is 19.6. The molecular weight excluding hydrogens is 503 g/mol. The van der Waals surface area contributed by atoms with E-state index in [1.165, 1.54) is 38.0 Å². The van der Waals surface area contributed by atoms with Crippen LogP contribution in [0.3, 0.4) is 0 Å². The Hall–Kier alpha value is -4.80. The Balaban J connectivity index is 1.30. The molecular formula is C36H27N3Si. The molecule has 1 aliphatic heterocycles. The summed E-state index contributed by atoms with van der Waals surface area (Å²) in [6.07, 6.45) is 2.14. The molecule has 7 aromatic rings. The van der Waals surface area contributed by atoms with Gasteiger partial charge in [0.2, 0.25) is 5.95 Å². The van der Waals surface area contributed by atoms with Crippen molar-refractivity contribution in [3.05, 3.63) is 128 Å². The van der Waals surface area contributed by atoms with Crippen molar-refractivity contribution >= 4 is 40.3 Å². The van der Waals surface area contributed by atoms with Gasteiger partial charge in [-0.2, -0.15) is 0 Å². The lowest BCUT2D eigenvalue weighted by atomic mass is 10.0. The van der Waals surface area contributed by atoms with Crippen LogP contribution >= 0.6 is 0 Å². The fourth-order valence-corrected chi connectivity index (χ4v) is 9.98. The highest BCUT2D eigenvalue weighted by molar-refractivity contribution is 7.05. The maximum Gasteiger partial charge on any atom is 0.235 e. The number of rotatable bonds is 3. The predicted octanol–water partition coefficient (Wildman–Crippen LogP) is 7.71. The van der Waals surface area contributed by atoms with Gasteiger partial charge < -0.3 is 0 Å². The van der Waals surface area contributed by atoms with Crippen LogP contribution < -0.4 is 10.4 Å². The lowest BCUT2D eigenvalue weighted by molar-refractivity contribution is 0.984. The van der Waals surface area contributed by atoms with Crippen LogP contribution in [0.25, 0.3) is 61.3 Å². The van der Waals surface area contributed by atoms with E-state index in [1.807, 2.05) is 12.1 Å². The van der Waals surface area contributed by atoms with Gasteiger partial charge >= 0.3 is 0 Å². The molecule has 0 radical (unpaired) electrons. The summed E-state index contributed by atoms with van der Waals surface area (Å²) in [5.41, 5.74) is 9.32. The van der Waals surface area contributed by atoms with Crippen LogP contribution in [0, 0.1) is 0 Å². The molecule has 5 aromatic carbocycles. The minimum Gasteiger partial charge on any atom is -0.285 e. The Morgan fingerprint density at radius 1 is 0.550 bits per heavy atom. The zero-order valence-electron chi connectivity index (χ0n) is 22.5. The van der Waals surface area contributed by atoms with Crippen LogP contribution in [0.15, 0.2) is 128 Å². The van der Waals surface area contributed by atoms with Gasteiger partial charge in [-0.25, -0.2) is 9.97 Å². The Morgan fingerprint density at radius 3 is 2.10 bits per heavy atom. The van der Waals surface area contributed by atoms with E-state index in [-0.39, 0.29) is 0 Å². The van der Waals surface area contributed by atoms with Gasteiger partial charge in [0.1, 0.15) is 8.07 Å². The van der Waals surface area contributed by atoms with E-state index in [0.29, 0.717) is 5.95 Å². The molecule has 3 heterocycles. The summed E-state index contributed by atoms with van der Waals surface area (Å²) in [5.74, 6) is 0.700. The first kappa shape index (κ1) is 23.1. The standard InChI is InChI=1S/C36H27N3Si/c1-40(2)33-15-9-7-12-27(33)28-20-21-32-30(35(28)40)22-23-39(32)36-37-31-14-8-6-13-29(31)34(38-36)26-18-16-25(17-19-26)24-10-4-3-5-11-24/h3-23H,1-2H3. The zero-order valence-corrected chi connectivity index (χ0v) is 23.5. The summed E-state index contributed by atoms with van der Waals surface area (Å²) in [7, 11) is -1.83. The topological polar surface area (TPSA) is 30.7 Å². The monoisotopic (exact) mass is 529 g/mol. The summed E-state index contributed by atoms with van der Waals surface area (Å²) in [6.45, 7) is 4.94. The van der Waals surface area contributed by atoms with Crippen molar-refractivity contribution in [1.29, 1.82) is 0 Å². The van der Waals surface area contributed by atoms with Crippen molar-refractivity contribution in [2.24, 2.45) is 0 Å². The second-order valence-electron chi connectivity index (χ2n) is 11.1. The number of para-hydroxylation sites is 1. The summed E-state index contributed by atoms with van der Waals surface area (Å²) >= 11 is 0. The van der Waals surface area contributed by atoms with Crippen molar-refractivity contribution in [2.45, 2.75) is 13.1 Å². The minimum atomic E-state index is -1.83. The van der Waals surface area contributed by atoms with Gasteiger partial charge in [0, 0.05) is 22.5 Å². The Morgan fingerprint density at radius 2 is 1.25 bits per heavy atom. The number of benzene rings is 5. The van der Waals surface area contributed by atoms with Gasteiger partial charge in [0.05, 0.1) is 16.7 Å². The van der Waals surface area contributed by atoms with Crippen LogP contribution in [0.4, 0.5) is 0 Å². The summed E-state index contributed by atoms with van der Waals surface area (Å²) in [5, 5.41) is 5.41. The second-order valence-corrected chi connectivity index (χ2v) is 15.4. The number of hydrogen-bond acceptors (Lipinski definition) is 2. The highest BCUT2D eigenvalue weighted by Crippen LogP contribution is 2.34. The van der Waals surface area contributed by atoms with E-state index in [2.05, 4.69) is 133 Å². The van der Waals surface area contributed by atoms with Gasteiger partial charge in [-0.3, -0.25) is 4.57 Å². The van der Waals surface area contributed by atoms with Gasteiger partial charge in [-0.15, -0.1) is 0 Å². The van der Waals surface area contributed by atoms with Gasteiger partial charge in [-0.05, 0) is 50.8 Å². The quantitative estimate of drug-likeness (QED) is 0.220. The number of nitrogens with zero attached hydrogens (tertiary/aromatic N) is 3. The summed E-state index contributed by atoms with van der Waals surface area (Å²) in [4.78, 5) is 10.3. The van der Waals surface area contributed by atoms with Crippen LogP contribution in [-0.4, -0.2) is 22.6 Å². The van der Waals surface area contributed by atoms with E-state index in [0.717, 1.165) is 27.7 Å². The van der Waals surface area contributed by atoms with Crippen LogP contribution in [0.5, 0.6) is 0 Å². The molecule has 0 unspecified atom stereocenters. The molecule has 2 aromatic heterocycles. The van der Waals surface area contributed by atoms with Crippen LogP contribution in [0.2, 0.25) is 13.1 Å². The average molecular weight is 530 g/mol. The zero-order chi connectivity index (χ0) is 26.8. The molecule has 190 valence electrons. The minimum absolute atomic E-state index is 0.700. The largest absolute Gasteiger partial charge is 0.285 e. The average Bonchev–Trinajstić information content (AvgIpc) is 3.54. The fourth-order valence-electron chi connectivity index (χ4n) is 6.53. The molecule has 1 aliphatic rings. The Labute approximate surface area is 234 Å². The number of fused-ring (bicyclic) bond motifs is 6. The molecule has 0 atom stereocenters. The highest BCUT2D eigenvalue weighted by atomic mass is 28.3. The second kappa shape index (κ2) is 8.60. The lowest BCUT2D eigenvalue weighted by Gasteiger charge is -2.19. The molecule has 8 rings (SSSR count). The molecule has 0 bridgehead atoms. The van der Waals surface area contributed by atoms with Crippen molar-refractivity contribution in [2.75, 3.05) is 0 Å². The first-order valence-corrected chi connectivity index (χ1v) is 16.8. The Kier molecular flexibility index (Phi) is 4.97. The first-order valence-electron chi connectivity index (χ1n) is 13.8. The molecule has 4 heteroatoms. The van der Waals surface area contributed by atoms with E-state index < -0.39 is 8.07 Å². The third kappa shape index (κ3) is 3.36. The summed E-state index contributed by atoms with van der Waals surface area (Å²) in [6, 6.07) is 43.3. The Bertz CT molecular complexity index is 2070. The summed E-state index contributed by atoms with van der Waals surface area (Å²) < 4.78 is 2.16. The SMILES string of the molecule is C[Si]1(C)c2ccccc2-c2ccc3c(ccn3-c3nc(-c4ccc(-c5ccccc5)cc4)c4ccccc4n3)c21. The maximum atomic E-state index is 5.20. The molecule has 0 saturated heterocycles. The van der Waals surface area contributed by atoms with E-state index in [1.54, 1.807) is 0 Å². The van der Waals surface area contributed by atoms with Crippen molar-refractivity contribution in [1.82, 2.24) is 14.5 Å². The number of hydrogen-bond donors (Lipinski definition) is 0. The molecule has 0 aliphatic carbocycles. The van der Waals surface area contributed by atoms with Crippen molar-refractivity contribution < 1.29 is 0 Å². The van der Waals surface area contributed by atoms with Gasteiger partial charge in [-0.1, -0.05) is 116 Å². The lowest BCUT2D eigenvalue weighted by Crippen LogP contribution is -2.49. The highest BCUT2D eigenvalue weighted by Gasteiger charge is 2.38. The fraction of sp³-hybridized carbons (Fsp3) is 0.0556. The molecule has 0 N–H and O–H groups in total. The number of aromatic nitrogens is 3. The molecule has 0 spiro atoms. The van der Waals surface area contributed by atoms with E-state index >= 15 is 0 Å².